The highest BCUT2D eigenvalue weighted by molar-refractivity contribution is 7.89. The smallest absolute Gasteiger partial charge is 0.258 e. The Balaban J connectivity index is 1.50. The van der Waals surface area contributed by atoms with Crippen molar-refractivity contribution >= 4 is 33.2 Å². The molecule has 5 rings (SSSR count). The second-order valence-electron chi connectivity index (χ2n) is 9.22. The molecular formula is C29H25ClFN3O3S. The second kappa shape index (κ2) is 10.6. The van der Waals surface area contributed by atoms with Crippen LogP contribution in [0.25, 0.3) is 0 Å². The number of hydrogen-bond acceptors (Lipinski definition) is 4. The second-order valence-corrected chi connectivity index (χ2v) is 11.4. The van der Waals surface area contributed by atoms with Crippen molar-refractivity contribution in [2.75, 3.05) is 4.90 Å². The lowest BCUT2D eigenvalue weighted by Crippen LogP contribution is -2.31. The maximum atomic E-state index is 13.7. The van der Waals surface area contributed by atoms with Crippen LogP contribution in [0.2, 0.25) is 5.02 Å². The summed E-state index contributed by atoms with van der Waals surface area (Å²) in [5.41, 5.74) is 4.40. The zero-order valence-electron chi connectivity index (χ0n) is 20.6. The van der Waals surface area contributed by atoms with Gasteiger partial charge < -0.3 is 4.90 Å². The SMILES string of the molecule is Cc1cccc(CN(C(=O)c2cccc(Cl)c2)c2ccc3c(c2)C(NS(=O)(=O)c2ccc(F)cc2)CC3)n1. The molecule has 38 heavy (non-hydrogen) atoms. The minimum Gasteiger partial charge on any atom is -0.302 e. The van der Waals surface area contributed by atoms with Crippen LogP contribution in [0.5, 0.6) is 0 Å². The number of halogens is 2. The summed E-state index contributed by atoms with van der Waals surface area (Å²) >= 11 is 6.17. The number of aryl methyl sites for hydroxylation is 2. The van der Waals surface area contributed by atoms with Gasteiger partial charge in [0.1, 0.15) is 5.82 Å². The number of nitrogens with zero attached hydrogens (tertiary/aromatic N) is 2. The van der Waals surface area contributed by atoms with E-state index >= 15 is 0 Å². The van der Waals surface area contributed by atoms with Gasteiger partial charge in [0.2, 0.25) is 10.0 Å². The number of sulfonamides is 1. The first-order valence-corrected chi connectivity index (χ1v) is 14.0. The Morgan fingerprint density at radius 1 is 1.05 bits per heavy atom. The molecular weight excluding hydrogens is 525 g/mol. The van der Waals surface area contributed by atoms with Gasteiger partial charge in [-0.05, 0) is 97.6 Å². The third kappa shape index (κ3) is 5.62. The Labute approximate surface area is 226 Å². The largest absolute Gasteiger partial charge is 0.302 e. The molecule has 1 aliphatic carbocycles. The van der Waals surface area contributed by atoms with Crippen LogP contribution in [0, 0.1) is 12.7 Å². The number of fused-ring (bicyclic) bond motifs is 1. The van der Waals surface area contributed by atoms with Crippen molar-refractivity contribution < 1.29 is 17.6 Å². The summed E-state index contributed by atoms with van der Waals surface area (Å²) in [6.45, 7) is 2.11. The Hall–Kier alpha value is -3.59. The van der Waals surface area contributed by atoms with Gasteiger partial charge >= 0.3 is 0 Å². The lowest BCUT2D eigenvalue weighted by atomic mass is 10.1. The van der Waals surface area contributed by atoms with Gasteiger partial charge in [-0.25, -0.2) is 17.5 Å². The van der Waals surface area contributed by atoms with Crippen LogP contribution in [0.15, 0.2) is 89.8 Å². The molecule has 1 amide bonds. The van der Waals surface area contributed by atoms with Gasteiger partial charge in [0.05, 0.1) is 17.1 Å². The number of pyridine rings is 1. The first kappa shape index (κ1) is 26.0. The number of carbonyl (C=O) groups is 1. The van der Waals surface area contributed by atoms with E-state index in [1.54, 1.807) is 29.2 Å². The first-order valence-electron chi connectivity index (χ1n) is 12.1. The number of amides is 1. The maximum absolute atomic E-state index is 13.7. The minimum absolute atomic E-state index is 0.00760. The van der Waals surface area contributed by atoms with E-state index in [2.05, 4.69) is 9.71 Å². The van der Waals surface area contributed by atoms with Gasteiger partial charge in [0.15, 0.2) is 0 Å². The van der Waals surface area contributed by atoms with E-state index < -0.39 is 21.9 Å². The molecule has 3 aromatic carbocycles. The van der Waals surface area contributed by atoms with Crippen molar-refractivity contribution in [3.8, 4) is 0 Å². The molecule has 194 valence electrons. The molecule has 0 fully saturated rings. The quantitative estimate of drug-likeness (QED) is 0.307. The lowest BCUT2D eigenvalue weighted by molar-refractivity contribution is 0.0984. The topological polar surface area (TPSA) is 79.4 Å². The number of carbonyl (C=O) groups excluding carboxylic acids is 1. The Morgan fingerprint density at radius 3 is 2.55 bits per heavy atom. The molecule has 1 N–H and O–H groups in total. The number of hydrogen-bond donors (Lipinski definition) is 1. The van der Waals surface area contributed by atoms with Crippen LogP contribution < -0.4 is 9.62 Å². The molecule has 4 aromatic rings. The molecule has 1 unspecified atom stereocenters. The van der Waals surface area contributed by atoms with Crippen LogP contribution in [0.3, 0.4) is 0 Å². The standard InChI is InChI=1S/C29H25ClFN3O3S/c1-19-4-2-7-24(32-19)18-34(29(35)21-5-3-6-22(30)16-21)25-12-8-20-9-15-28(27(20)17-25)33-38(36,37)26-13-10-23(31)11-14-26/h2-8,10-14,16-17,28,33H,9,15,18H2,1H3. The number of rotatable bonds is 7. The van der Waals surface area contributed by atoms with Crippen molar-refractivity contribution in [3.63, 3.8) is 0 Å². The number of anilines is 1. The zero-order valence-corrected chi connectivity index (χ0v) is 22.1. The first-order chi connectivity index (χ1) is 18.2. The van der Waals surface area contributed by atoms with Gasteiger partial charge in [0.25, 0.3) is 5.91 Å². The van der Waals surface area contributed by atoms with Crippen molar-refractivity contribution in [2.45, 2.75) is 37.2 Å². The molecule has 0 aliphatic heterocycles. The number of nitrogens with one attached hydrogen (secondary N) is 1. The van der Waals surface area contributed by atoms with Crippen LogP contribution in [0.1, 0.15) is 45.3 Å². The normalized spacial score (nSPS) is 14.8. The van der Waals surface area contributed by atoms with Crippen molar-refractivity contribution in [3.05, 3.63) is 124 Å². The molecule has 0 bridgehead atoms. The molecule has 9 heteroatoms. The van der Waals surface area contributed by atoms with E-state index in [-0.39, 0.29) is 17.3 Å². The molecule has 0 saturated carbocycles. The Kier molecular flexibility index (Phi) is 7.29. The summed E-state index contributed by atoms with van der Waals surface area (Å²) in [4.78, 5) is 19.9. The van der Waals surface area contributed by atoms with Crippen molar-refractivity contribution in [1.82, 2.24) is 9.71 Å². The van der Waals surface area contributed by atoms with Crippen LogP contribution in [-0.2, 0) is 23.0 Å². The Bertz CT molecular complexity index is 1610. The summed E-state index contributed by atoms with van der Waals surface area (Å²) < 4.78 is 42.1. The zero-order chi connectivity index (χ0) is 26.9. The molecule has 0 radical (unpaired) electrons. The van der Waals surface area contributed by atoms with E-state index in [0.717, 1.165) is 34.6 Å². The summed E-state index contributed by atoms with van der Waals surface area (Å²) in [5, 5.41) is 0.452. The van der Waals surface area contributed by atoms with Gasteiger partial charge in [-0.3, -0.25) is 9.78 Å². The van der Waals surface area contributed by atoms with Crippen molar-refractivity contribution in [2.24, 2.45) is 0 Å². The highest BCUT2D eigenvalue weighted by atomic mass is 35.5. The fourth-order valence-corrected chi connectivity index (χ4v) is 6.10. The van der Waals surface area contributed by atoms with E-state index in [1.165, 1.54) is 12.1 Å². The van der Waals surface area contributed by atoms with Gasteiger partial charge in [-0.15, -0.1) is 0 Å². The molecule has 1 atom stereocenters. The molecule has 1 heterocycles. The highest BCUT2D eigenvalue weighted by Gasteiger charge is 2.29. The number of aromatic nitrogens is 1. The third-order valence-corrected chi connectivity index (χ3v) is 8.25. The molecule has 0 spiro atoms. The lowest BCUT2D eigenvalue weighted by Gasteiger charge is -2.24. The third-order valence-electron chi connectivity index (χ3n) is 6.52. The summed E-state index contributed by atoms with van der Waals surface area (Å²) in [7, 11) is -3.88. The van der Waals surface area contributed by atoms with Gasteiger partial charge in [-0.1, -0.05) is 29.8 Å². The van der Waals surface area contributed by atoms with Gasteiger partial charge in [0, 0.05) is 28.0 Å². The molecule has 0 saturated heterocycles. The van der Waals surface area contributed by atoms with Crippen LogP contribution in [-0.4, -0.2) is 19.3 Å². The fraction of sp³-hybridized carbons (Fsp3) is 0.172. The highest BCUT2D eigenvalue weighted by Crippen LogP contribution is 2.36. The van der Waals surface area contributed by atoms with Gasteiger partial charge in [-0.2, -0.15) is 0 Å². The maximum Gasteiger partial charge on any atom is 0.258 e. The monoisotopic (exact) mass is 549 g/mol. The van der Waals surface area contributed by atoms with Crippen LogP contribution >= 0.6 is 11.6 Å². The van der Waals surface area contributed by atoms with Crippen molar-refractivity contribution in [1.29, 1.82) is 0 Å². The Morgan fingerprint density at radius 2 is 1.82 bits per heavy atom. The molecule has 1 aromatic heterocycles. The number of benzene rings is 3. The summed E-state index contributed by atoms with van der Waals surface area (Å²) in [6.07, 6.45) is 1.26. The van der Waals surface area contributed by atoms with E-state index in [0.29, 0.717) is 29.1 Å². The average molecular weight is 550 g/mol. The minimum atomic E-state index is -3.88. The van der Waals surface area contributed by atoms with E-state index in [4.69, 9.17) is 11.6 Å². The van der Waals surface area contributed by atoms with E-state index in [9.17, 15) is 17.6 Å². The average Bonchev–Trinajstić information content (AvgIpc) is 3.28. The summed E-state index contributed by atoms with van der Waals surface area (Å²) in [6, 6.07) is 22.3. The van der Waals surface area contributed by atoms with E-state index in [1.807, 2.05) is 43.3 Å². The fourth-order valence-electron chi connectivity index (χ4n) is 4.66. The summed E-state index contributed by atoms with van der Waals surface area (Å²) in [5.74, 6) is -0.760. The molecule has 6 nitrogen and oxygen atoms in total. The predicted molar refractivity (Wildman–Crippen MR) is 145 cm³/mol. The molecule has 1 aliphatic rings. The van der Waals surface area contributed by atoms with Crippen LogP contribution in [0.4, 0.5) is 10.1 Å². The predicted octanol–water partition coefficient (Wildman–Crippen LogP) is 6.00.